The molecule has 3 aromatic rings. The summed E-state index contributed by atoms with van der Waals surface area (Å²) in [6, 6.07) is 20.4. The fourth-order valence-corrected chi connectivity index (χ4v) is 4.92. The number of piperidine rings is 1. The minimum Gasteiger partial charge on any atom is -0.485 e. The van der Waals surface area contributed by atoms with Crippen molar-refractivity contribution in [3.63, 3.8) is 0 Å². The SMILES string of the molecule is C[C@@H](Oc1ccc(Cc2ccccc2)cc1)C1=Nc2c(ccnc2CNCC2CCNCC2)C(=O)C1. The van der Waals surface area contributed by atoms with E-state index in [1.165, 1.54) is 24.0 Å². The molecule has 0 bridgehead atoms. The summed E-state index contributed by atoms with van der Waals surface area (Å²) in [5, 5.41) is 6.95. The molecule has 2 aromatic carbocycles. The zero-order chi connectivity index (χ0) is 24.7. The highest BCUT2D eigenvalue weighted by molar-refractivity contribution is 6.17. The first kappa shape index (κ1) is 24.3. The Morgan fingerprint density at radius 3 is 2.56 bits per heavy atom. The number of fused-ring (bicyclic) bond motifs is 1. The summed E-state index contributed by atoms with van der Waals surface area (Å²) in [4.78, 5) is 22.4. The van der Waals surface area contributed by atoms with Crippen LogP contribution in [0.3, 0.4) is 0 Å². The molecule has 1 aromatic heterocycles. The summed E-state index contributed by atoms with van der Waals surface area (Å²) in [7, 11) is 0. The number of nitrogens with zero attached hydrogens (tertiary/aromatic N) is 2. The largest absolute Gasteiger partial charge is 0.485 e. The number of nitrogens with one attached hydrogen (secondary N) is 2. The van der Waals surface area contributed by atoms with Gasteiger partial charge in [-0.1, -0.05) is 42.5 Å². The first-order chi connectivity index (χ1) is 17.7. The van der Waals surface area contributed by atoms with Crippen LogP contribution in [0.4, 0.5) is 5.69 Å². The fourth-order valence-electron chi connectivity index (χ4n) is 4.92. The maximum absolute atomic E-state index is 13.0. The average Bonchev–Trinajstić information content (AvgIpc) is 2.91. The standard InChI is InChI=1S/C30H34N4O2/c1-21(36-25-9-7-23(8-10-25)17-22-5-3-2-4-6-22)27-18-29(35)26-13-16-33-28(30(26)34-27)20-32-19-24-11-14-31-15-12-24/h2-10,13,16,21,24,31-32H,11-12,14-15,17-20H2,1H3/t21-/m1/s1. The van der Waals surface area contributed by atoms with Crippen LogP contribution in [0.25, 0.3) is 0 Å². The Hall–Kier alpha value is -3.35. The number of pyridine rings is 1. The number of aromatic nitrogens is 1. The molecule has 3 heterocycles. The van der Waals surface area contributed by atoms with Gasteiger partial charge in [0.1, 0.15) is 11.9 Å². The van der Waals surface area contributed by atoms with Gasteiger partial charge in [0.25, 0.3) is 0 Å². The van der Waals surface area contributed by atoms with Crippen LogP contribution in [0.5, 0.6) is 5.75 Å². The lowest BCUT2D eigenvalue weighted by atomic mass is 9.97. The van der Waals surface area contributed by atoms with E-state index in [2.05, 4.69) is 52.0 Å². The molecule has 2 aliphatic rings. The third kappa shape index (κ3) is 6.07. The van der Waals surface area contributed by atoms with Gasteiger partial charge in [-0.15, -0.1) is 0 Å². The van der Waals surface area contributed by atoms with Crippen molar-refractivity contribution in [2.24, 2.45) is 10.9 Å². The minimum absolute atomic E-state index is 0.0747. The zero-order valence-electron chi connectivity index (χ0n) is 20.9. The van der Waals surface area contributed by atoms with Gasteiger partial charge in [-0.05, 0) is 81.1 Å². The predicted molar refractivity (Wildman–Crippen MR) is 143 cm³/mol. The van der Waals surface area contributed by atoms with Crippen LogP contribution >= 0.6 is 0 Å². The van der Waals surface area contributed by atoms with E-state index >= 15 is 0 Å². The van der Waals surface area contributed by atoms with Crippen molar-refractivity contribution >= 4 is 17.2 Å². The van der Waals surface area contributed by atoms with E-state index in [4.69, 9.17) is 9.73 Å². The van der Waals surface area contributed by atoms with Gasteiger partial charge in [-0.25, -0.2) is 0 Å². The van der Waals surface area contributed by atoms with Crippen molar-refractivity contribution in [1.82, 2.24) is 15.6 Å². The van der Waals surface area contributed by atoms with Gasteiger partial charge in [0.05, 0.1) is 23.5 Å². The minimum atomic E-state index is -0.308. The van der Waals surface area contributed by atoms with Crippen LogP contribution in [0.15, 0.2) is 71.9 Å². The second-order valence-electron chi connectivity index (χ2n) is 9.75. The van der Waals surface area contributed by atoms with Crippen molar-refractivity contribution in [1.29, 1.82) is 0 Å². The van der Waals surface area contributed by atoms with Crippen molar-refractivity contribution in [3.05, 3.63) is 89.2 Å². The summed E-state index contributed by atoms with van der Waals surface area (Å²) in [6.07, 6.45) is 4.95. The number of ether oxygens (including phenoxy) is 1. The van der Waals surface area contributed by atoms with Crippen LogP contribution in [0.1, 0.15) is 53.4 Å². The van der Waals surface area contributed by atoms with Gasteiger partial charge in [-0.3, -0.25) is 14.8 Å². The fraction of sp³-hybridized carbons (Fsp3) is 0.367. The zero-order valence-corrected chi connectivity index (χ0v) is 20.9. The Labute approximate surface area is 213 Å². The number of hydrogen-bond acceptors (Lipinski definition) is 6. The maximum Gasteiger partial charge on any atom is 0.170 e. The lowest BCUT2D eigenvalue weighted by Gasteiger charge is -2.24. The molecule has 2 aliphatic heterocycles. The van der Waals surface area contributed by atoms with Crippen LogP contribution in [-0.4, -0.2) is 42.2 Å². The molecule has 0 saturated carbocycles. The first-order valence-corrected chi connectivity index (χ1v) is 12.9. The molecule has 0 spiro atoms. The predicted octanol–water partition coefficient (Wildman–Crippen LogP) is 4.89. The van der Waals surface area contributed by atoms with Crippen LogP contribution in [0, 0.1) is 5.92 Å². The van der Waals surface area contributed by atoms with Crippen LogP contribution in [-0.2, 0) is 13.0 Å². The monoisotopic (exact) mass is 482 g/mol. The summed E-state index contributed by atoms with van der Waals surface area (Å²) in [5.41, 5.74) is 5.42. The second kappa shape index (κ2) is 11.6. The van der Waals surface area contributed by atoms with Crippen LogP contribution < -0.4 is 15.4 Å². The Bertz CT molecular complexity index is 1200. The number of Topliss-reactive ketones (excluding diaryl/α,β-unsaturated/α-hetero) is 1. The molecule has 36 heavy (non-hydrogen) atoms. The molecule has 1 fully saturated rings. The van der Waals surface area contributed by atoms with E-state index in [-0.39, 0.29) is 18.3 Å². The number of aliphatic imine (C=N–C) groups is 1. The third-order valence-corrected chi connectivity index (χ3v) is 7.04. The van der Waals surface area contributed by atoms with E-state index in [1.807, 2.05) is 25.1 Å². The Morgan fingerprint density at radius 2 is 1.78 bits per heavy atom. The van der Waals surface area contributed by atoms with Crippen molar-refractivity contribution in [2.75, 3.05) is 19.6 Å². The molecule has 1 saturated heterocycles. The number of hydrogen-bond donors (Lipinski definition) is 2. The van der Waals surface area contributed by atoms with Gasteiger partial charge in [0.15, 0.2) is 5.78 Å². The topological polar surface area (TPSA) is 75.6 Å². The maximum atomic E-state index is 13.0. The average molecular weight is 483 g/mol. The first-order valence-electron chi connectivity index (χ1n) is 12.9. The third-order valence-electron chi connectivity index (χ3n) is 7.04. The van der Waals surface area contributed by atoms with Crippen molar-refractivity contribution < 1.29 is 9.53 Å². The molecule has 186 valence electrons. The summed E-state index contributed by atoms with van der Waals surface area (Å²) in [5.74, 6) is 1.53. The van der Waals surface area contributed by atoms with Gasteiger partial charge in [0.2, 0.25) is 0 Å². The van der Waals surface area contributed by atoms with E-state index in [1.54, 1.807) is 12.3 Å². The smallest absolute Gasteiger partial charge is 0.170 e. The van der Waals surface area contributed by atoms with E-state index in [9.17, 15) is 4.79 Å². The second-order valence-corrected chi connectivity index (χ2v) is 9.75. The Morgan fingerprint density at radius 1 is 1.03 bits per heavy atom. The number of benzene rings is 2. The molecule has 5 rings (SSSR count). The van der Waals surface area contributed by atoms with Crippen molar-refractivity contribution in [3.8, 4) is 5.75 Å². The summed E-state index contributed by atoms with van der Waals surface area (Å²) >= 11 is 0. The lowest BCUT2D eigenvalue weighted by Crippen LogP contribution is -2.33. The number of rotatable bonds is 9. The van der Waals surface area contributed by atoms with Gasteiger partial charge in [0, 0.05) is 18.3 Å². The van der Waals surface area contributed by atoms with E-state index in [0.717, 1.165) is 43.2 Å². The molecule has 0 unspecified atom stereocenters. The van der Waals surface area contributed by atoms with E-state index < -0.39 is 0 Å². The Kier molecular flexibility index (Phi) is 7.84. The van der Waals surface area contributed by atoms with Gasteiger partial charge in [-0.2, -0.15) is 0 Å². The molecule has 0 amide bonds. The Balaban J connectivity index is 1.24. The highest BCUT2D eigenvalue weighted by Gasteiger charge is 2.26. The van der Waals surface area contributed by atoms with Crippen LogP contribution in [0.2, 0.25) is 0 Å². The summed E-state index contributed by atoms with van der Waals surface area (Å²) < 4.78 is 6.20. The molecular formula is C30H34N4O2. The molecule has 0 aliphatic carbocycles. The number of carbonyl (C=O) groups is 1. The molecular weight excluding hydrogens is 448 g/mol. The highest BCUT2D eigenvalue weighted by Crippen LogP contribution is 2.30. The van der Waals surface area contributed by atoms with E-state index in [0.29, 0.717) is 23.7 Å². The quantitative estimate of drug-likeness (QED) is 0.454. The summed E-state index contributed by atoms with van der Waals surface area (Å²) in [6.45, 7) is 5.69. The number of carbonyl (C=O) groups excluding carboxylic acids is 1. The number of ketones is 1. The van der Waals surface area contributed by atoms with Gasteiger partial charge >= 0.3 is 0 Å². The molecule has 6 nitrogen and oxygen atoms in total. The molecule has 6 heteroatoms. The highest BCUT2D eigenvalue weighted by atomic mass is 16.5. The molecule has 1 atom stereocenters. The molecule has 0 radical (unpaired) electrons. The lowest BCUT2D eigenvalue weighted by molar-refractivity contribution is 0.0996. The molecule has 2 N–H and O–H groups in total. The van der Waals surface area contributed by atoms with Crippen molar-refractivity contribution in [2.45, 2.75) is 45.3 Å². The normalized spacial score (nSPS) is 16.8. The van der Waals surface area contributed by atoms with Gasteiger partial charge < -0.3 is 15.4 Å².